The molecule has 1 N–H and O–H groups in total. The van der Waals surface area contributed by atoms with Gasteiger partial charge in [0.2, 0.25) is 0 Å². The summed E-state index contributed by atoms with van der Waals surface area (Å²) in [7, 11) is 0. The maximum absolute atomic E-state index is 10.7. The first-order chi connectivity index (χ1) is 6.77. The predicted molar refractivity (Wildman–Crippen MR) is 44.8 cm³/mol. The highest BCUT2D eigenvalue weighted by atomic mass is 16.5. The lowest BCUT2D eigenvalue weighted by atomic mass is 10.4. The number of nitrogens with zero attached hydrogens (tertiary/aromatic N) is 3. The molecule has 72 valence electrons. The average molecular weight is 193 g/mol. The molecule has 0 saturated heterocycles. The molecule has 6 nitrogen and oxygen atoms in total. The lowest BCUT2D eigenvalue weighted by Gasteiger charge is -1.99. The summed E-state index contributed by atoms with van der Waals surface area (Å²) >= 11 is 0. The second-order valence-electron chi connectivity index (χ2n) is 2.66. The van der Waals surface area contributed by atoms with E-state index in [0.29, 0.717) is 5.76 Å². The summed E-state index contributed by atoms with van der Waals surface area (Å²) in [5.74, 6) is -0.446. The first-order valence-electron chi connectivity index (χ1n) is 3.92. The molecule has 6 heteroatoms. The van der Waals surface area contributed by atoms with Gasteiger partial charge in [0.15, 0.2) is 5.76 Å². The van der Waals surface area contributed by atoms with Gasteiger partial charge in [-0.1, -0.05) is 5.16 Å². The SMILES string of the molecule is O=C(O)c1ccnn1Cc1ccno1. The molecular formula is C8H7N3O3. The fourth-order valence-electron chi connectivity index (χ4n) is 1.11. The zero-order valence-electron chi connectivity index (χ0n) is 7.12. The molecule has 0 aromatic carbocycles. The molecular weight excluding hydrogens is 186 g/mol. The van der Waals surface area contributed by atoms with Crippen LogP contribution in [0.1, 0.15) is 16.2 Å². The highest BCUT2D eigenvalue weighted by molar-refractivity contribution is 5.85. The van der Waals surface area contributed by atoms with E-state index in [1.165, 1.54) is 23.1 Å². The van der Waals surface area contributed by atoms with E-state index in [-0.39, 0.29) is 12.2 Å². The maximum atomic E-state index is 10.7. The summed E-state index contributed by atoms with van der Waals surface area (Å²) in [6, 6.07) is 3.09. The Labute approximate surface area is 78.7 Å². The van der Waals surface area contributed by atoms with Gasteiger partial charge < -0.3 is 9.63 Å². The molecule has 0 aliphatic rings. The number of hydrogen-bond donors (Lipinski definition) is 1. The van der Waals surface area contributed by atoms with Gasteiger partial charge in [-0.25, -0.2) is 4.79 Å². The molecule has 2 rings (SSSR count). The number of carbonyl (C=O) groups is 1. The van der Waals surface area contributed by atoms with Gasteiger partial charge in [-0.2, -0.15) is 5.10 Å². The molecule has 14 heavy (non-hydrogen) atoms. The van der Waals surface area contributed by atoms with Gasteiger partial charge in [0, 0.05) is 12.3 Å². The van der Waals surface area contributed by atoms with E-state index in [2.05, 4.69) is 10.3 Å². The van der Waals surface area contributed by atoms with Crippen molar-refractivity contribution >= 4 is 5.97 Å². The largest absolute Gasteiger partial charge is 0.477 e. The third-order valence-corrected chi connectivity index (χ3v) is 1.73. The minimum Gasteiger partial charge on any atom is -0.477 e. The minimum atomic E-state index is -1.01. The highest BCUT2D eigenvalue weighted by Gasteiger charge is 2.11. The van der Waals surface area contributed by atoms with Crippen LogP contribution in [0, 0.1) is 0 Å². The van der Waals surface area contributed by atoms with Crippen molar-refractivity contribution in [3.8, 4) is 0 Å². The maximum Gasteiger partial charge on any atom is 0.354 e. The van der Waals surface area contributed by atoms with Crippen LogP contribution in [-0.2, 0) is 6.54 Å². The molecule has 0 atom stereocenters. The third kappa shape index (κ3) is 1.49. The Morgan fingerprint density at radius 3 is 3.00 bits per heavy atom. The van der Waals surface area contributed by atoms with Crippen molar-refractivity contribution in [2.75, 3.05) is 0 Å². The van der Waals surface area contributed by atoms with Gasteiger partial charge in [-0.05, 0) is 6.07 Å². The molecule has 2 aromatic rings. The summed E-state index contributed by atoms with van der Waals surface area (Å²) in [4.78, 5) is 10.7. The van der Waals surface area contributed by atoms with Gasteiger partial charge in [0.1, 0.15) is 12.2 Å². The highest BCUT2D eigenvalue weighted by Crippen LogP contribution is 2.04. The lowest BCUT2D eigenvalue weighted by Crippen LogP contribution is -2.10. The van der Waals surface area contributed by atoms with Crippen LogP contribution in [0.25, 0.3) is 0 Å². The Hall–Kier alpha value is -2.11. The standard InChI is InChI=1S/C8H7N3O3/c12-8(13)7-2-3-9-11(7)5-6-1-4-10-14-6/h1-4H,5H2,(H,12,13). The number of carboxylic acids is 1. The van der Waals surface area contributed by atoms with E-state index in [4.69, 9.17) is 9.63 Å². The number of aromatic nitrogens is 3. The van der Waals surface area contributed by atoms with Crippen LogP contribution in [-0.4, -0.2) is 26.0 Å². The Bertz CT molecular complexity index is 432. The Morgan fingerprint density at radius 1 is 1.50 bits per heavy atom. The van der Waals surface area contributed by atoms with Gasteiger partial charge >= 0.3 is 5.97 Å². The fraction of sp³-hybridized carbons (Fsp3) is 0.125. The van der Waals surface area contributed by atoms with E-state index >= 15 is 0 Å². The Morgan fingerprint density at radius 2 is 2.36 bits per heavy atom. The average Bonchev–Trinajstić information content (AvgIpc) is 2.75. The molecule has 2 heterocycles. The van der Waals surface area contributed by atoms with Gasteiger partial charge in [-0.3, -0.25) is 4.68 Å². The fourth-order valence-corrected chi connectivity index (χ4v) is 1.11. The topological polar surface area (TPSA) is 81.1 Å². The first-order valence-corrected chi connectivity index (χ1v) is 3.92. The lowest BCUT2D eigenvalue weighted by molar-refractivity contribution is 0.0683. The van der Waals surface area contributed by atoms with Crippen LogP contribution in [0.3, 0.4) is 0 Å². The van der Waals surface area contributed by atoms with Crippen LogP contribution < -0.4 is 0 Å². The normalized spacial score (nSPS) is 10.3. The Balaban J connectivity index is 2.25. The van der Waals surface area contributed by atoms with Crippen LogP contribution in [0.15, 0.2) is 29.0 Å². The molecule has 0 aliphatic heterocycles. The van der Waals surface area contributed by atoms with Gasteiger partial charge in [-0.15, -0.1) is 0 Å². The van der Waals surface area contributed by atoms with Gasteiger partial charge in [0.25, 0.3) is 0 Å². The van der Waals surface area contributed by atoms with Crippen molar-refractivity contribution < 1.29 is 14.4 Å². The zero-order valence-corrected chi connectivity index (χ0v) is 7.12. The summed E-state index contributed by atoms with van der Waals surface area (Å²) in [6.45, 7) is 0.272. The van der Waals surface area contributed by atoms with Crippen LogP contribution >= 0.6 is 0 Å². The first kappa shape index (κ1) is 8.49. The Kier molecular flexibility index (Phi) is 2.02. The number of aromatic carboxylic acids is 1. The van der Waals surface area contributed by atoms with E-state index in [9.17, 15) is 4.79 Å². The minimum absolute atomic E-state index is 0.126. The summed E-state index contributed by atoms with van der Waals surface area (Å²) in [6.07, 6.45) is 2.93. The molecule has 0 bridgehead atoms. The molecule has 0 aliphatic carbocycles. The van der Waals surface area contributed by atoms with Crippen LogP contribution in [0.4, 0.5) is 0 Å². The smallest absolute Gasteiger partial charge is 0.354 e. The number of rotatable bonds is 3. The third-order valence-electron chi connectivity index (χ3n) is 1.73. The predicted octanol–water partition coefficient (Wildman–Crippen LogP) is 0.618. The van der Waals surface area contributed by atoms with E-state index in [1.54, 1.807) is 6.07 Å². The van der Waals surface area contributed by atoms with Crippen LogP contribution in [0.2, 0.25) is 0 Å². The molecule has 2 aromatic heterocycles. The summed E-state index contributed by atoms with van der Waals surface area (Å²) in [5.41, 5.74) is 0.126. The number of carboxylic acid groups (broad SMARTS) is 1. The molecule has 0 saturated carbocycles. The molecule has 0 radical (unpaired) electrons. The molecule has 0 unspecified atom stereocenters. The van der Waals surface area contributed by atoms with Crippen molar-refractivity contribution in [1.29, 1.82) is 0 Å². The molecule has 0 spiro atoms. The second-order valence-corrected chi connectivity index (χ2v) is 2.66. The van der Waals surface area contributed by atoms with Crippen molar-refractivity contribution in [1.82, 2.24) is 14.9 Å². The van der Waals surface area contributed by atoms with E-state index < -0.39 is 5.97 Å². The number of hydrogen-bond acceptors (Lipinski definition) is 4. The van der Waals surface area contributed by atoms with Crippen molar-refractivity contribution in [2.45, 2.75) is 6.54 Å². The quantitative estimate of drug-likeness (QED) is 0.772. The second kappa shape index (κ2) is 3.33. The van der Waals surface area contributed by atoms with Crippen molar-refractivity contribution in [2.24, 2.45) is 0 Å². The van der Waals surface area contributed by atoms with Crippen molar-refractivity contribution in [3.05, 3.63) is 36.0 Å². The molecule has 0 fully saturated rings. The van der Waals surface area contributed by atoms with E-state index in [1.807, 2.05) is 0 Å². The summed E-state index contributed by atoms with van der Waals surface area (Å²) in [5, 5.41) is 16.2. The monoisotopic (exact) mass is 193 g/mol. The van der Waals surface area contributed by atoms with E-state index in [0.717, 1.165) is 0 Å². The zero-order chi connectivity index (χ0) is 9.97. The summed E-state index contributed by atoms with van der Waals surface area (Å²) < 4.78 is 6.17. The van der Waals surface area contributed by atoms with Crippen LogP contribution in [0.5, 0.6) is 0 Å². The molecule has 0 amide bonds. The van der Waals surface area contributed by atoms with Crippen molar-refractivity contribution in [3.63, 3.8) is 0 Å². The van der Waals surface area contributed by atoms with Gasteiger partial charge in [0.05, 0.1) is 6.20 Å².